The second-order valence-electron chi connectivity index (χ2n) is 6.39. The van der Waals surface area contributed by atoms with Crippen molar-refractivity contribution in [2.75, 3.05) is 6.61 Å². The van der Waals surface area contributed by atoms with Crippen LogP contribution in [0.15, 0.2) is 11.6 Å². The maximum Gasteiger partial charge on any atom is 0.0459 e. The zero-order valence-electron chi connectivity index (χ0n) is 11.0. The van der Waals surface area contributed by atoms with Crippen LogP contribution >= 0.6 is 0 Å². The molecule has 0 aliphatic heterocycles. The lowest BCUT2D eigenvalue weighted by Crippen LogP contribution is -2.38. The number of allylic oxidation sites excluding steroid dienone is 2. The minimum Gasteiger partial charge on any atom is -0.396 e. The van der Waals surface area contributed by atoms with E-state index in [0.717, 1.165) is 11.8 Å². The van der Waals surface area contributed by atoms with Crippen LogP contribution in [0.25, 0.3) is 0 Å². The van der Waals surface area contributed by atoms with E-state index in [0.29, 0.717) is 17.9 Å². The van der Waals surface area contributed by atoms with Gasteiger partial charge in [0.2, 0.25) is 0 Å². The minimum atomic E-state index is 0.358. The van der Waals surface area contributed by atoms with E-state index in [1.54, 1.807) is 5.57 Å². The molecule has 2 rings (SSSR count). The molecule has 0 aromatic carbocycles. The number of rotatable bonds is 2. The molecule has 0 saturated heterocycles. The van der Waals surface area contributed by atoms with Crippen LogP contribution in [0.5, 0.6) is 0 Å². The Morgan fingerprint density at radius 1 is 1.50 bits per heavy atom. The zero-order valence-corrected chi connectivity index (χ0v) is 11.0. The molecule has 0 spiro atoms. The molecule has 1 heteroatoms. The van der Waals surface area contributed by atoms with Crippen molar-refractivity contribution >= 4 is 0 Å². The van der Waals surface area contributed by atoms with Gasteiger partial charge in [-0.1, -0.05) is 25.5 Å². The van der Waals surface area contributed by atoms with Crippen molar-refractivity contribution < 1.29 is 5.11 Å². The van der Waals surface area contributed by atoms with E-state index in [2.05, 4.69) is 26.8 Å². The van der Waals surface area contributed by atoms with Gasteiger partial charge in [0.25, 0.3) is 0 Å². The van der Waals surface area contributed by atoms with Crippen molar-refractivity contribution in [2.24, 2.45) is 23.2 Å². The molecule has 1 saturated carbocycles. The molecule has 0 aromatic rings. The van der Waals surface area contributed by atoms with Crippen LogP contribution in [0.4, 0.5) is 0 Å². The van der Waals surface area contributed by atoms with Gasteiger partial charge in [0.15, 0.2) is 0 Å². The highest BCUT2D eigenvalue weighted by atomic mass is 16.3. The molecule has 2 aliphatic rings. The standard InChI is InChI=1S/C15H26O/c1-11-5-4-7-15(3)8-6-13(9-14(11)15)12(2)10-16/h5,12-14,16H,4,6-10H2,1-3H3/t12?,13-,14-,15+/m1/s1. The predicted octanol–water partition coefficient (Wildman–Crippen LogP) is 3.78. The third-order valence-corrected chi connectivity index (χ3v) is 5.29. The summed E-state index contributed by atoms with van der Waals surface area (Å²) in [6, 6.07) is 0. The molecule has 1 N–H and O–H groups in total. The fourth-order valence-corrected chi connectivity index (χ4v) is 3.87. The Bertz CT molecular complexity index is 281. The van der Waals surface area contributed by atoms with E-state index in [1.807, 2.05) is 0 Å². The second kappa shape index (κ2) is 4.52. The van der Waals surface area contributed by atoms with Crippen LogP contribution < -0.4 is 0 Å². The van der Waals surface area contributed by atoms with Gasteiger partial charge >= 0.3 is 0 Å². The quantitative estimate of drug-likeness (QED) is 0.705. The SMILES string of the molecule is CC1=CCC[C@@]2(C)CC[C@@H](C(C)CO)C[C@H]12. The van der Waals surface area contributed by atoms with Gasteiger partial charge in [-0.3, -0.25) is 0 Å². The van der Waals surface area contributed by atoms with E-state index in [1.165, 1.54) is 32.1 Å². The molecule has 92 valence electrons. The van der Waals surface area contributed by atoms with Crippen molar-refractivity contribution in [1.82, 2.24) is 0 Å². The monoisotopic (exact) mass is 222 g/mol. The van der Waals surface area contributed by atoms with Crippen molar-refractivity contribution in [3.8, 4) is 0 Å². The van der Waals surface area contributed by atoms with E-state index < -0.39 is 0 Å². The fourth-order valence-electron chi connectivity index (χ4n) is 3.87. The van der Waals surface area contributed by atoms with Crippen LogP contribution in [0.2, 0.25) is 0 Å². The largest absolute Gasteiger partial charge is 0.396 e. The Balaban J connectivity index is 2.12. The molecule has 0 radical (unpaired) electrons. The molecule has 0 heterocycles. The molecule has 4 atom stereocenters. The molecule has 0 bridgehead atoms. The van der Waals surface area contributed by atoms with Gasteiger partial charge in [0.1, 0.15) is 0 Å². The maximum atomic E-state index is 9.30. The van der Waals surface area contributed by atoms with Gasteiger partial charge in [0.05, 0.1) is 0 Å². The Hall–Kier alpha value is -0.300. The third-order valence-electron chi connectivity index (χ3n) is 5.29. The van der Waals surface area contributed by atoms with Gasteiger partial charge in [0, 0.05) is 6.61 Å². The van der Waals surface area contributed by atoms with E-state index in [-0.39, 0.29) is 0 Å². The summed E-state index contributed by atoms with van der Waals surface area (Å²) in [5.74, 6) is 2.01. The van der Waals surface area contributed by atoms with Gasteiger partial charge in [-0.05, 0) is 62.2 Å². The average molecular weight is 222 g/mol. The summed E-state index contributed by atoms with van der Waals surface area (Å²) in [6.07, 6.45) is 9.08. The van der Waals surface area contributed by atoms with Crippen molar-refractivity contribution in [1.29, 1.82) is 0 Å². The number of hydrogen-bond acceptors (Lipinski definition) is 1. The summed E-state index contributed by atoms with van der Waals surface area (Å²) >= 11 is 0. The van der Waals surface area contributed by atoms with Crippen LogP contribution in [0.3, 0.4) is 0 Å². The lowest BCUT2D eigenvalue weighted by atomic mass is 9.57. The molecule has 1 unspecified atom stereocenters. The van der Waals surface area contributed by atoms with Crippen LogP contribution in [0.1, 0.15) is 52.9 Å². The van der Waals surface area contributed by atoms with Crippen LogP contribution in [0, 0.1) is 23.2 Å². The average Bonchev–Trinajstić information content (AvgIpc) is 2.27. The number of aliphatic hydroxyl groups is 1. The van der Waals surface area contributed by atoms with Crippen molar-refractivity contribution in [3.63, 3.8) is 0 Å². The molecule has 16 heavy (non-hydrogen) atoms. The van der Waals surface area contributed by atoms with Crippen LogP contribution in [-0.2, 0) is 0 Å². The first-order valence-corrected chi connectivity index (χ1v) is 6.84. The lowest BCUT2D eigenvalue weighted by Gasteiger charge is -2.48. The third kappa shape index (κ3) is 2.07. The van der Waals surface area contributed by atoms with Gasteiger partial charge in [-0.25, -0.2) is 0 Å². The highest BCUT2D eigenvalue weighted by molar-refractivity contribution is 5.14. The Labute approximate surface area is 99.9 Å². The van der Waals surface area contributed by atoms with E-state index in [9.17, 15) is 5.11 Å². The van der Waals surface area contributed by atoms with Gasteiger partial charge in [-0.2, -0.15) is 0 Å². The van der Waals surface area contributed by atoms with E-state index in [4.69, 9.17) is 0 Å². The summed E-state index contributed by atoms with van der Waals surface area (Å²) in [5, 5.41) is 9.30. The minimum absolute atomic E-state index is 0.358. The normalized spacial score (nSPS) is 41.1. The zero-order chi connectivity index (χ0) is 11.8. The Morgan fingerprint density at radius 2 is 2.25 bits per heavy atom. The first-order chi connectivity index (χ1) is 7.57. The second-order valence-corrected chi connectivity index (χ2v) is 6.39. The van der Waals surface area contributed by atoms with Gasteiger partial charge in [-0.15, -0.1) is 0 Å². The summed E-state index contributed by atoms with van der Waals surface area (Å²) in [6.45, 7) is 7.36. The Morgan fingerprint density at radius 3 is 2.94 bits per heavy atom. The molecule has 1 nitrogen and oxygen atoms in total. The predicted molar refractivity (Wildman–Crippen MR) is 68.2 cm³/mol. The maximum absolute atomic E-state index is 9.30. The molecular formula is C15H26O. The molecule has 0 amide bonds. The number of fused-ring (bicyclic) bond motifs is 1. The highest BCUT2D eigenvalue weighted by Crippen LogP contribution is 2.53. The molecular weight excluding hydrogens is 196 g/mol. The van der Waals surface area contributed by atoms with Crippen LogP contribution in [-0.4, -0.2) is 11.7 Å². The first-order valence-electron chi connectivity index (χ1n) is 6.84. The fraction of sp³-hybridized carbons (Fsp3) is 0.867. The topological polar surface area (TPSA) is 20.2 Å². The number of hydrogen-bond donors (Lipinski definition) is 1. The first kappa shape index (κ1) is 12.2. The molecule has 1 fully saturated rings. The molecule has 0 aromatic heterocycles. The summed E-state index contributed by atoms with van der Waals surface area (Å²) < 4.78 is 0. The molecule has 2 aliphatic carbocycles. The Kier molecular flexibility index (Phi) is 3.44. The smallest absolute Gasteiger partial charge is 0.0459 e. The van der Waals surface area contributed by atoms with Crippen molar-refractivity contribution in [3.05, 3.63) is 11.6 Å². The lowest BCUT2D eigenvalue weighted by molar-refractivity contribution is 0.0520. The van der Waals surface area contributed by atoms with E-state index >= 15 is 0 Å². The highest BCUT2D eigenvalue weighted by Gasteiger charge is 2.42. The summed E-state index contributed by atoms with van der Waals surface area (Å²) in [4.78, 5) is 0. The van der Waals surface area contributed by atoms with Gasteiger partial charge < -0.3 is 5.11 Å². The summed E-state index contributed by atoms with van der Waals surface area (Å²) in [7, 11) is 0. The van der Waals surface area contributed by atoms with Crippen molar-refractivity contribution in [2.45, 2.75) is 52.9 Å². The number of aliphatic hydroxyl groups excluding tert-OH is 1. The summed E-state index contributed by atoms with van der Waals surface area (Å²) in [5.41, 5.74) is 2.17.